The summed E-state index contributed by atoms with van der Waals surface area (Å²) in [6, 6.07) is 0.788. The minimum absolute atomic E-state index is 0.0441. The molecule has 1 aliphatic carbocycles. The van der Waals surface area contributed by atoms with Crippen molar-refractivity contribution in [2.75, 3.05) is 5.32 Å². The first kappa shape index (κ1) is 14.1. The van der Waals surface area contributed by atoms with E-state index in [1.807, 2.05) is 10.8 Å². The third kappa shape index (κ3) is 3.82. The molecule has 1 N–H and O–H groups in total. The van der Waals surface area contributed by atoms with Crippen LogP contribution < -0.4 is 10.9 Å². The Labute approximate surface area is 115 Å². The molecule has 1 saturated carbocycles. The summed E-state index contributed by atoms with van der Waals surface area (Å²) >= 11 is 0. The zero-order chi connectivity index (χ0) is 13.7. The van der Waals surface area contributed by atoms with Crippen molar-refractivity contribution in [1.29, 1.82) is 0 Å². The number of hydrogen-bond acceptors (Lipinski definition) is 3. The number of hydrogen-bond donors (Lipinski definition) is 1. The van der Waals surface area contributed by atoms with Crippen LogP contribution in [0, 0.1) is 0 Å². The van der Waals surface area contributed by atoms with Gasteiger partial charge in [-0.25, -0.2) is 4.98 Å². The molecule has 1 heterocycles. The molecule has 0 spiro atoms. The molecule has 1 fully saturated rings. The lowest BCUT2D eigenvalue weighted by Crippen LogP contribution is -2.29. The number of rotatable bonds is 8. The second kappa shape index (κ2) is 6.73. The number of anilines is 1. The number of nitrogens with zero attached hydrogens (tertiary/aromatic N) is 2. The quantitative estimate of drug-likeness (QED) is 0.782. The summed E-state index contributed by atoms with van der Waals surface area (Å²) in [6.45, 7) is 4.38. The largest absolute Gasteiger partial charge is 0.363 e. The van der Waals surface area contributed by atoms with E-state index in [1.54, 1.807) is 6.20 Å². The summed E-state index contributed by atoms with van der Waals surface area (Å²) in [5.74, 6) is 0.531. The molecule has 4 nitrogen and oxygen atoms in total. The minimum Gasteiger partial charge on any atom is -0.363 e. The van der Waals surface area contributed by atoms with Gasteiger partial charge in [0.05, 0.1) is 0 Å². The van der Waals surface area contributed by atoms with Crippen LogP contribution in [0.1, 0.15) is 64.8 Å². The molecule has 0 bridgehead atoms. The van der Waals surface area contributed by atoms with Gasteiger partial charge in [-0.3, -0.25) is 4.79 Å². The molecule has 1 unspecified atom stereocenters. The van der Waals surface area contributed by atoms with E-state index >= 15 is 0 Å². The zero-order valence-electron chi connectivity index (χ0n) is 12.1. The molecule has 1 aromatic rings. The third-order valence-electron chi connectivity index (χ3n) is 3.69. The SMILES string of the molecule is CCCCC(CCC)Nc1nccn(C2CC2)c1=O. The van der Waals surface area contributed by atoms with E-state index in [9.17, 15) is 4.79 Å². The van der Waals surface area contributed by atoms with E-state index < -0.39 is 0 Å². The topological polar surface area (TPSA) is 46.9 Å². The Morgan fingerprint density at radius 2 is 2.16 bits per heavy atom. The molecule has 0 aliphatic heterocycles. The lowest BCUT2D eigenvalue weighted by atomic mass is 10.1. The van der Waals surface area contributed by atoms with Crippen LogP contribution in [0.25, 0.3) is 0 Å². The van der Waals surface area contributed by atoms with E-state index in [1.165, 1.54) is 12.8 Å². The van der Waals surface area contributed by atoms with Crippen molar-refractivity contribution in [1.82, 2.24) is 9.55 Å². The molecule has 1 atom stereocenters. The first-order chi connectivity index (χ1) is 9.26. The maximum atomic E-state index is 12.3. The fraction of sp³-hybridized carbons (Fsp3) is 0.733. The first-order valence-electron chi connectivity index (χ1n) is 7.60. The van der Waals surface area contributed by atoms with Gasteiger partial charge >= 0.3 is 0 Å². The predicted molar refractivity (Wildman–Crippen MR) is 78.6 cm³/mol. The normalized spacial score (nSPS) is 16.3. The molecule has 4 heteroatoms. The van der Waals surface area contributed by atoms with Gasteiger partial charge in [0, 0.05) is 24.5 Å². The summed E-state index contributed by atoms with van der Waals surface area (Å²) in [4.78, 5) is 16.5. The maximum Gasteiger partial charge on any atom is 0.293 e. The van der Waals surface area contributed by atoms with Gasteiger partial charge in [0.15, 0.2) is 5.82 Å². The summed E-state index contributed by atoms with van der Waals surface area (Å²) in [6.07, 6.45) is 11.5. The lowest BCUT2D eigenvalue weighted by molar-refractivity contribution is 0.560. The first-order valence-corrected chi connectivity index (χ1v) is 7.60. The van der Waals surface area contributed by atoms with Gasteiger partial charge in [0.2, 0.25) is 0 Å². The van der Waals surface area contributed by atoms with E-state index in [2.05, 4.69) is 24.1 Å². The summed E-state index contributed by atoms with van der Waals surface area (Å²) in [5.41, 5.74) is 0.0441. The van der Waals surface area contributed by atoms with Crippen LogP contribution in [0.3, 0.4) is 0 Å². The Bertz CT molecular complexity index is 451. The third-order valence-corrected chi connectivity index (χ3v) is 3.69. The zero-order valence-corrected chi connectivity index (χ0v) is 12.1. The molecule has 1 aromatic heterocycles. The summed E-state index contributed by atoms with van der Waals surface area (Å²) in [7, 11) is 0. The van der Waals surface area contributed by atoms with Gasteiger partial charge in [-0.15, -0.1) is 0 Å². The Balaban J connectivity index is 2.07. The molecule has 1 aliphatic rings. The van der Waals surface area contributed by atoms with Crippen molar-refractivity contribution in [3.63, 3.8) is 0 Å². The maximum absolute atomic E-state index is 12.3. The average molecular weight is 263 g/mol. The fourth-order valence-electron chi connectivity index (χ4n) is 2.45. The van der Waals surface area contributed by atoms with Crippen molar-refractivity contribution in [2.24, 2.45) is 0 Å². The standard InChI is InChI=1S/C15H25N3O/c1-3-5-7-12(6-4-2)17-14-15(19)18(11-10-16-14)13-8-9-13/h10-13H,3-9H2,1-2H3,(H,16,17). The Morgan fingerprint density at radius 3 is 2.79 bits per heavy atom. The smallest absolute Gasteiger partial charge is 0.293 e. The number of nitrogens with one attached hydrogen (secondary N) is 1. The predicted octanol–water partition coefficient (Wildman–Crippen LogP) is 3.35. The Kier molecular flexibility index (Phi) is 5.00. The van der Waals surface area contributed by atoms with Gasteiger partial charge in [0.1, 0.15) is 0 Å². The van der Waals surface area contributed by atoms with Crippen molar-refractivity contribution in [3.05, 3.63) is 22.7 Å². The minimum atomic E-state index is 0.0441. The molecule has 0 amide bonds. The molecule has 106 valence electrons. The molecule has 19 heavy (non-hydrogen) atoms. The molecule has 0 saturated heterocycles. The van der Waals surface area contributed by atoms with Crippen LogP contribution in [0.5, 0.6) is 0 Å². The lowest BCUT2D eigenvalue weighted by Gasteiger charge is -2.18. The Morgan fingerprint density at radius 1 is 1.37 bits per heavy atom. The van der Waals surface area contributed by atoms with E-state index in [-0.39, 0.29) is 5.56 Å². The van der Waals surface area contributed by atoms with Gasteiger partial charge in [-0.05, 0) is 25.7 Å². The number of unbranched alkanes of at least 4 members (excludes halogenated alkanes) is 1. The van der Waals surface area contributed by atoms with Crippen LogP contribution in [0.2, 0.25) is 0 Å². The van der Waals surface area contributed by atoms with Gasteiger partial charge in [-0.2, -0.15) is 0 Å². The van der Waals surface area contributed by atoms with Crippen molar-refractivity contribution < 1.29 is 0 Å². The van der Waals surface area contributed by atoms with Crippen molar-refractivity contribution >= 4 is 5.82 Å². The highest BCUT2D eigenvalue weighted by Crippen LogP contribution is 2.33. The van der Waals surface area contributed by atoms with Crippen molar-refractivity contribution in [2.45, 2.75) is 70.9 Å². The summed E-state index contributed by atoms with van der Waals surface area (Å²) < 4.78 is 1.83. The number of aromatic nitrogens is 2. The molecule has 0 aromatic carbocycles. The van der Waals surface area contributed by atoms with Crippen LogP contribution in [-0.4, -0.2) is 15.6 Å². The average Bonchev–Trinajstić information content (AvgIpc) is 3.23. The second-order valence-corrected chi connectivity index (χ2v) is 5.49. The highest BCUT2D eigenvalue weighted by atomic mass is 16.1. The molecular formula is C15H25N3O. The molecule has 0 radical (unpaired) electrons. The molecular weight excluding hydrogens is 238 g/mol. The fourth-order valence-corrected chi connectivity index (χ4v) is 2.45. The highest BCUT2D eigenvalue weighted by Gasteiger charge is 2.25. The van der Waals surface area contributed by atoms with Gasteiger partial charge in [0.25, 0.3) is 5.56 Å². The van der Waals surface area contributed by atoms with Crippen LogP contribution in [-0.2, 0) is 0 Å². The van der Waals surface area contributed by atoms with E-state index in [4.69, 9.17) is 0 Å². The molecule has 2 rings (SSSR count). The summed E-state index contributed by atoms with van der Waals surface area (Å²) in [5, 5.41) is 3.36. The Hall–Kier alpha value is -1.32. The van der Waals surface area contributed by atoms with Crippen LogP contribution in [0.15, 0.2) is 17.2 Å². The van der Waals surface area contributed by atoms with E-state index in [0.717, 1.165) is 32.1 Å². The second-order valence-electron chi connectivity index (χ2n) is 5.49. The highest BCUT2D eigenvalue weighted by molar-refractivity contribution is 5.32. The van der Waals surface area contributed by atoms with Gasteiger partial charge in [-0.1, -0.05) is 33.1 Å². The van der Waals surface area contributed by atoms with Crippen molar-refractivity contribution in [3.8, 4) is 0 Å². The van der Waals surface area contributed by atoms with E-state index in [0.29, 0.717) is 17.9 Å². The monoisotopic (exact) mass is 263 g/mol. The van der Waals surface area contributed by atoms with Crippen LogP contribution >= 0.6 is 0 Å². The van der Waals surface area contributed by atoms with Crippen LogP contribution in [0.4, 0.5) is 5.82 Å². The van der Waals surface area contributed by atoms with Gasteiger partial charge < -0.3 is 9.88 Å².